The predicted octanol–water partition coefficient (Wildman–Crippen LogP) is 3.80. The standard InChI is InChI=1S/C15H13ClN2O/c16-12-1-2-13-11(9-19)8-18(14(13)7-12)10-15(3-4-15)5-6-17/h1-2,7-9H,3-5,10H2. The summed E-state index contributed by atoms with van der Waals surface area (Å²) < 4.78 is 2.06. The number of aromatic nitrogens is 1. The van der Waals surface area contributed by atoms with Crippen LogP contribution in [0.2, 0.25) is 5.02 Å². The average Bonchev–Trinajstić information content (AvgIpc) is 3.06. The van der Waals surface area contributed by atoms with Gasteiger partial charge in [0.2, 0.25) is 0 Å². The first-order chi connectivity index (χ1) is 9.17. The van der Waals surface area contributed by atoms with Gasteiger partial charge in [0.25, 0.3) is 0 Å². The van der Waals surface area contributed by atoms with Gasteiger partial charge in [-0.2, -0.15) is 5.26 Å². The Hall–Kier alpha value is -1.79. The van der Waals surface area contributed by atoms with Crippen LogP contribution in [0.5, 0.6) is 0 Å². The van der Waals surface area contributed by atoms with Crippen molar-refractivity contribution in [3.8, 4) is 6.07 Å². The highest BCUT2D eigenvalue weighted by Crippen LogP contribution is 2.50. The fourth-order valence-corrected chi connectivity index (χ4v) is 2.78. The van der Waals surface area contributed by atoms with Crippen LogP contribution in [0.4, 0.5) is 0 Å². The van der Waals surface area contributed by atoms with Crippen LogP contribution in [0.1, 0.15) is 29.6 Å². The van der Waals surface area contributed by atoms with Crippen LogP contribution in [0, 0.1) is 16.7 Å². The quantitative estimate of drug-likeness (QED) is 0.795. The molecule has 0 N–H and O–H groups in total. The zero-order chi connectivity index (χ0) is 13.5. The monoisotopic (exact) mass is 272 g/mol. The average molecular weight is 273 g/mol. The second-order valence-corrected chi connectivity index (χ2v) is 5.76. The van der Waals surface area contributed by atoms with Crippen molar-refractivity contribution in [2.24, 2.45) is 5.41 Å². The molecular formula is C15H13ClN2O. The van der Waals surface area contributed by atoms with Crippen molar-refractivity contribution < 1.29 is 4.79 Å². The Kier molecular flexibility index (Phi) is 2.83. The second-order valence-electron chi connectivity index (χ2n) is 5.33. The number of nitrogens with zero attached hydrogens (tertiary/aromatic N) is 2. The summed E-state index contributed by atoms with van der Waals surface area (Å²) in [7, 11) is 0. The summed E-state index contributed by atoms with van der Waals surface area (Å²) in [6.45, 7) is 0.783. The topological polar surface area (TPSA) is 45.8 Å². The van der Waals surface area contributed by atoms with E-state index in [9.17, 15) is 4.79 Å². The zero-order valence-electron chi connectivity index (χ0n) is 10.4. The lowest BCUT2D eigenvalue weighted by molar-refractivity contribution is 0.112. The molecule has 1 aliphatic rings. The Morgan fingerprint density at radius 3 is 2.89 bits per heavy atom. The molecule has 0 spiro atoms. The molecule has 1 heterocycles. The fourth-order valence-electron chi connectivity index (χ4n) is 2.61. The van der Waals surface area contributed by atoms with Gasteiger partial charge in [-0.05, 0) is 25.0 Å². The highest BCUT2D eigenvalue weighted by atomic mass is 35.5. The van der Waals surface area contributed by atoms with Crippen LogP contribution < -0.4 is 0 Å². The van der Waals surface area contributed by atoms with E-state index in [-0.39, 0.29) is 5.41 Å². The molecule has 4 heteroatoms. The summed E-state index contributed by atoms with van der Waals surface area (Å²) in [5.41, 5.74) is 1.75. The third-order valence-electron chi connectivity index (χ3n) is 3.92. The van der Waals surface area contributed by atoms with E-state index in [0.29, 0.717) is 17.0 Å². The number of halogens is 1. The molecule has 0 amide bonds. The minimum Gasteiger partial charge on any atom is -0.346 e. The van der Waals surface area contributed by atoms with Crippen molar-refractivity contribution >= 4 is 28.8 Å². The number of rotatable bonds is 4. The van der Waals surface area contributed by atoms with Gasteiger partial charge in [0.05, 0.1) is 11.6 Å². The summed E-state index contributed by atoms with van der Waals surface area (Å²) >= 11 is 6.04. The van der Waals surface area contributed by atoms with E-state index < -0.39 is 0 Å². The first-order valence-corrected chi connectivity index (χ1v) is 6.66. The number of hydrogen-bond acceptors (Lipinski definition) is 2. The van der Waals surface area contributed by atoms with E-state index in [4.69, 9.17) is 16.9 Å². The van der Waals surface area contributed by atoms with Crippen LogP contribution >= 0.6 is 11.6 Å². The van der Waals surface area contributed by atoms with E-state index in [2.05, 4.69) is 10.6 Å². The molecule has 1 saturated carbocycles. The molecule has 19 heavy (non-hydrogen) atoms. The summed E-state index contributed by atoms with van der Waals surface area (Å²) in [6.07, 6.45) is 5.47. The molecule has 2 aromatic rings. The number of hydrogen-bond donors (Lipinski definition) is 0. The molecular weight excluding hydrogens is 260 g/mol. The molecule has 0 atom stereocenters. The molecule has 0 saturated heterocycles. The highest BCUT2D eigenvalue weighted by Gasteiger charge is 2.42. The van der Waals surface area contributed by atoms with Gasteiger partial charge >= 0.3 is 0 Å². The molecule has 0 unspecified atom stereocenters. The van der Waals surface area contributed by atoms with Gasteiger partial charge in [-0.3, -0.25) is 4.79 Å². The van der Waals surface area contributed by atoms with Gasteiger partial charge in [0.15, 0.2) is 6.29 Å². The van der Waals surface area contributed by atoms with Crippen LogP contribution in [-0.4, -0.2) is 10.9 Å². The highest BCUT2D eigenvalue weighted by molar-refractivity contribution is 6.31. The lowest BCUT2D eigenvalue weighted by Crippen LogP contribution is -2.10. The SMILES string of the molecule is N#CCC1(Cn2cc(C=O)c3ccc(Cl)cc32)CC1. The molecule has 1 aromatic heterocycles. The van der Waals surface area contributed by atoms with Gasteiger partial charge in [-0.25, -0.2) is 0 Å². The first-order valence-electron chi connectivity index (χ1n) is 6.28. The van der Waals surface area contributed by atoms with Crippen LogP contribution in [0.15, 0.2) is 24.4 Å². The lowest BCUT2D eigenvalue weighted by Gasteiger charge is -2.13. The van der Waals surface area contributed by atoms with E-state index >= 15 is 0 Å². The van der Waals surface area contributed by atoms with Crippen molar-refractivity contribution in [1.82, 2.24) is 4.57 Å². The Morgan fingerprint density at radius 1 is 1.47 bits per heavy atom. The summed E-state index contributed by atoms with van der Waals surface area (Å²) in [5, 5.41) is 10.5. The normalized spacial score (nSPS) is 16.2. The van der Waals surface area contributed by atoms with Crippen molar-refractivity contribution in [1.29, 1.82) is 5.26 Å². The Labute approximate surface area is 116 Å². The number of carbonyl (C=O) groups is 1. The van der Waals surface area contributed by atoms with Crippen molar-refractivity contribution in [2.75, 3.05) is 0 Å². The third kappa shape index (κ3) is 2.13. The maximum absolute atomic E-state index is 11.1. The van der Waals surface area contributed by atoms with Crippen LogP contribution in [0.3, 0.4) is 0 Å². The molecule has 96 valence electrons. The van der Waals surface area contributed by atoms with Crippen molar-refractivity contribution in [3.05, 3.63) is 35.0 Å². The van der Waals surface area contributed by atoms with Crippen molar-refractivity contribution in [2.45, 2.75) is 25.8 Å². The number of carbonyl (C=O) groups excluding carboxylic acids is 1. The predicted molar refractivity (Wildman–Crippen MR) is 74.2 cm³/mol. The Bertz CT molecular complexity index is 692. The molecule has 3 nitrogen and oxygen atoms in total. The Morgan fingerprint density at radius 2 is 2.26 bits per heavy atom. The maximum Gasteiger partial charge on any atom is 0.152 e. The Balaban J connectivity index is 2.06. The second kappa shape index (κ2) is 4.40. The van der Waals surface area contributed by atoms with E-state index in [1.165, 1.54) is 0 Å². The van der Waals surface area contributed by atoms with E-state index in [1.54, 1.807) is 6.07 Å². The fraction of sp³-hybridized carbons (Fsp3) is 0.333. The molecule has 0 radical (unpaired) electrons. The van der Waals surface area contributed by atoms with Crippen molar-refractivity contribution in [3.63, 3.8) is 0 Å². The minimum absolute atomic E-state index is 0.100. The van der Waals surface area contributed by atoms with Gasteiger partial charge in [0.1, 0.15) is 0 Å². The summed E-state index contributed by atoms with van der Waals surface area (Å²) in [4.78, 5) is 11.1. The minimum atomic E-state index is 0.100. The number of benzene rings is 1. The third-order valence-corrected chi connectivity index (χ3v) is 4.15. The summed E-state index contributed by atoms with van der Waals surface area (Å²) in [6, 6.07) is 7.82. The summed E-state index contributed by atoms with van der Waals surface area (Å²) in [5.74, 6) is 0. The van der Waals surface area contributed by atoms with Gasteiger partial charge in [-0.15, -0.1) is 0 Å². The lowest BCUT2D eigenvalue weighted by atomic mass is 10.0. The van der Waals surface area contributed by atoms with Gasteiger partial charge in [-0.1, -0.05) is 17.7 Å². The molecule has 3 rings (SSSR count). The maximum atomic E-state index is 11.1. The van der Waals surface area contributed by atoms with Crippen LogP contribution in [-0.2, 0) is 6.54 Å². The largest absolute Gasteiger partial charge is 0.346 e. The number of fused-ring (bicyclic) bond motifs is 1. The first kappa shape index (κ1) is 12.3. The number of nitriles is 1. The molecule has 1 aromatic carbocycles. The number of aldehydes is 1. The van der Waals surface area contributed by atoms with E-state index in [0.717, 1.165) is 36.6 Å². The van der Waals surface area contributed by atoms with Gasteiger partial charge in [0, 0.05) is 40.5 Å². The van der Waals surface area contributed by atoms with Gasteiger partial charge < -0.3 is 4.57 Å². The zero-order valence-corrected chi connectivity index (χ0v) is 11.2. The molecule has 0 aliphatic heterocycles. The molecule has 1 aliphatic carbocycles. The molecule has 0 bridgehead atoms. The smallest absolute Gasteiger partial charge is 0.152 e. The van der Waals surface area contributed by atoms with E-state index in [1.807, 2.05) is 18.3 Å². The molecule has 1 fully saturated rings. The van der Waals surface area contributed by atoms with Crippen LogP contribution in [0.25, 0.3) is 10.9 Å².